The van der Waals surface area contributed by atoms with Crippen molar-refractivity contribution < 1.29 is 19.4 Å². The van der Waals surface area contributed by atoms with Gasteiger partial charge in [0.25, 0.3) is 0 Å². The third kappa shape index (κ3) is 5.19. The molecule has 2 heterocycles. The Labute approximate surface area is 148 Å². The van der Waals surface area contributed by atoms with Gasteiger partial charge in [0, 0.05) is 26.2 Å². The highest BCUT2D eigenvalue weighted by molar-refractivity contribution is 5.69. The summed E-state index contributed by atoms with van der Waals surface area (Å²) in [5.74, 6) is 0.497. The smallest absolute Gasteiger partial charge is 0.410 e. The van der Waals surface area contributed by atoms with Crippen LogP contribution in [0.4, 0.5) is 4.79 Å². The van der Waals surface area contributed by atoms with E-state index in [4.69, 9.17) is 9.84 Å². The summed E-state index contributed by atoms with van der Waals surface area (Å²) in [5.41, 5.74) is 1.00. The van der Waals surface area contributed by atoms with E-state index < -0.39 is 5.97 Å². The molecule has 136 valence electrons. The number of nitrogens with zero attached hydrogens (tertiary/aromatic N) is 2. The number of likely N-dealkylation sites (tertiary alicyclic amines) is 2. The molecule has 0 bridgehead atoms. The Morgan fingerprint density at radius 1 is 1.08 bits per heavy atom. The normalized spacial score (nSPS) is 19.4. The van der Waals surface area contributed by atoms with Crippen molar-refractivity contribution >= 4 is 12.1 Å². The molecule has 2 saturated heterocycles. The number of carboxylic acids is 1. The molecule has 0 saturated carbocycles. The predicted molar refractivity (Wildman–Crippen MR) is 93.1 cm³/mol. The largest absolute Gasteiger partial charge is 0.480 e. The van der Waals surface area contributed by atoms with E-state index in [-0.39, 0.29) is 12.6 Å². The fourth-order valence-electron chi connectivity index (χ4n) is 3.78. The van der Waals surface area contributed by atoms with E-state index in [0.717, 1.165) is 51.0 Å². The SMILES string of the molecule is O=C(O)CN1CC(CC2CCN(C(=O)OCc3ccccc3)CC2)C1. The number of hydrogen-bond acceptors (Lipinski definition) is 4. The molecule has 1 amide bonds. The molecule has 6 heteroatoms. The molecule has 6 nitrogen and oxygen atoms in total. The van der Waals surface area contributed by atoms with Crippen LogP contribution >= 0.6 is 0 Å². The Bertz CT molecular complexity index is 578. The van der Waals surface area contributed by atoms with Gasteiger partial charge in [-0.3, -0.25) is 9.69 Å². The van der Waals surface area contributed by atoms with Crippen molar-refractivity contribution in [3.63, 3.8) is 0 Å². The maximum absolute atomic E-state index is 12.2. The van der Waals surface area contributed by atoms with Gasteiger partial charge in [0.05, 0.1) is 6.54 Å². The van der Waals surface area contributed by atoms with Crippen LogP contribution in [0.15, 0.2) is 30.3 Å². The number of amides is 1. The molecule has 25 heavy (non-hydrogen) atoms. The topological polar surface area (TPSA) is 70.1 Å². The number of rotatable bonds is 6. The highest BCUT2D eigenvalue weighted by atomic mass is 16.6. The minimum Gasteiger partial charge on any atom is -0.480 e. The Morgan fingerprint density at radius 3 is 2.40 bits per heavy atom. The average Bonchev–Trinajstić information content (AvgIpc) is 2.59. The van der Waals surface area contributed by atoms with Crippen LogP contribution in [-0.2, 0) is 16.1 Å². The van der Waals surface area contributed by atoms with E-state index >= 15 is 0 Å². The lowest BCUT2D eigenvalue weighted by atomic mass is 9.84. The Kier molecular flexibility index (Phi) is 5.91. The molecular formula is C19H26N2O4. The second-order valence-corrected chi connectivity index (χ2v) is 7.16. The molecular weight excluding hydrogens is 320 g/mol. The molecule has 0 spiro atoms. The van der Waals surface area contributed by atoms with Gasteiger partial charge in [0.1, 0.15) is 6.61 Å². The molecule has 3 rings (SSSR count). The van der Waals surface area contributed by atoms with Crippen molar-refractivity contribution in [2.75, 3.05) is 32.7 Å². The number of aliphatic carboxylic acids is 1. The first-order valence-corrected chi connectivity index (χ1v) is 9.00. The molecule has 2 aliphatic heterocycles. The van der Waals surface area contributed by atoms with E-state index in [0.29, 0.717) is 18.4 Å². The number of benzene rings is 1. The van der Waals surface area contributed by atoms with Gasteiger partial charge in [-0.05, 0) is 36.7 Å². The second-order valence-electron chi connectivity index (χ2n) is 7.16. The van der Waals surface area contributed by atoms with Gasteiger partial charge in [0.15, 0.2) is 0 Å². The van der Waals surface area contributed by atoms with Crippen molar-refractivity contribution in [1.82, 2.24) is 9.80 Å². The Balaban J connectivity index is 1.32. The van der Waals surface area contributed by atoms with Gasteiger partial charge in [-0.2, -0.15) is 0 Å². The third-order valence-electron chi connectivity index (χ3n) is 5.14. The summed E-state index contributed by atoms with van der Waals surface area (Å²) in [5, 5.41) is 8.76. The van der Waals surface area contributed by atoms with Gasteiger partial charge < -0.3 is 14.7 Å². The fraction of sp³-hybridized carbons (Fsp3) is 0.579. The standard InChI is InChI=1S/C19H26N2O4/c22-18(23)13-20-11-17(12-20)10-15-6-8-21(9-7-15)19(24)25-14-16-4-2-1-3-5-16/h1-5,15,17H,6-14H2,(H,22,23). The van der Waals surface area contributed by atoms with Crippen LogP contribution in [0.2, 0.25) is 0 Å². The molecule has 1 aromatic rings. The van der Waals surface area contributed by atoms with Gasteiger partial charge in [-0.15, -0.1) is 0 Å². The van der Waals surface area contributed by atoms with E-state index in [2.05, 4.69) is 0 Å². The van der Waals surface area contributed by atoms with Crippen molar-refractivity contribution in [3.05, 3.63) is 35.9 Å². The predicted octanol–water partition coefficient (Wildman–Crippen LogP) is 2.44. The average molecular weight is 346 g/mol. The zero-order chi connectivity index (χ0) is 17.6. The van der Waals surface area contributed by atoms with E-state index in [9.17, 15) is 9.59 Å². The van der Waals surface area contributed by atoms with Crippen LogP contribution in [0.5, 0.6) is 0 Å². The van der Waals surface area contributed by atoms with Gasteiger partial charge in [-0.1, -0.05) is 30.3 Å². The molecule has 1 N–H and O–H groups in total. The van der Waals surface area contributed by atoms with E-state index in [1.807, 2.05) is 35.2 Å². The molecule has 0 radical (unpaired) electrons. The summed E-state index contributed by atoms with van der Waals surface area (Å²) in [6.45, 7) is 3.77. The van der Waals surface area contributed by atoms with Crippen LogP contribution in [-0.4, -0.2) is 59.7 Å². The Morgan fingerprint density at radius 2 is 1.76 bits per heavy atom. The van der Waals surface area contributed by atoms with Crippen LogP contribution in [0.1, 0.15) is 24.8 Å². The first-order valence-electron chi connectivity index (χ1n) is 9.00. The Hall–Kier alpha value is -2.08. The summed E-state index contributed by atoms with van der Waals surface area (Å²) in [4.78, 5) is 26.6. The molecule has 2 aliphatic rings. The molecule has 0 unspecified atom stereocenters. The van der Waals surface area contributed by atoms with Gasteiger partial charge >= 0.3 is 12.1 Å². The molecule has 2 fully saturated rings. The van der Waals surface area contributed by atoms with Gasteiger partial charge in [0.2, 0.25) is 0 Å². The maximum atomic E-state index is 12.2. The van der Waals surface area contributed by atoms with Crippen LogP contribution < -0.4 is 0 Å². The van der Waals surface area contributed by atoms with Crippen molar-refractivity contribution in [1.29, 1.82) is 0 Å². The summed E-state index contributed by atoms with van der Waals surface area (Å²) < 4.78 is 5.39. The first-order chi connectivity index (χ1) is 12.1. The highest BCUT2D eigenvalue weighted by Crippen LogP contribution is 2.29. The van der Waals surface area contributed by atoms with Gasteiger partial charge in [-0.25, -0.2) is 4.79 Å². The van der Waals surface area contributed by atoms with Crippen LogP contribution in [0.3, 0.4) is 0 Å². The first kappa shape index (κ1) is 17.7. The minimum absolute atomic E-state index is 0.155. The lowest BCUT2D eigenvalue weighted by molar-refractivity contribution is -0.140. The lowest BCUT2D eigenvalue weighted by Crippen LogP contribution is -2.50. The third-order valence-corrected chi connectivity index (χ3v) is 5.14. The number of carbonyl (C=O) groups is 2. The van der Waals surface area contributed by atoms with E-state index in [1.165, 1.54) is 0 Å². The summed E-state index contributed by atoms with van der Waals surface area (Å²) >= 11 is 0. The van der Waals surface area contributed by atoms with Crippen LogP contribution in [0, 0.1) is 11.8 Å². The lowest BCUT2D eigenvalue weighted by Gasteiger charge is -2.41. The quantitative estimate of drug-likeness (QED) is 0.857. The molecule has 0 aromatic heterocycles. The fourth-order valence-corrected chi connectivity index (χ4v) is 3.78. The van der Waals surface area contributed by atoms with Crippen LogP contribution in [0.25, 0.3) is 0 Å². The molecule has 0 atom stereocenters. The second kappa shape index (κ2) is 8.34. The number of piperidine rings is 1. The zero-order valence-corrected chi connectivity index (χ0v) is 14.5. The summed E-state index contributed by atoms with van der Waals surface area (Å²) in [7, 11) is 0. The molecule has 0 aliphatic carbocycles. The number of hydrogen-bond donors (Lipinski definition) is 1. The number of carboxylic acid groups (broad SMARTS) is 1. The van der Waals surface area contributed by atoms with E-state index in [1.54, 1.807) is 4.90 Å². The highest BCUT2D eigenvalue weighted by Gasteiger charge is 2.32. The number of ether oxygens (including phenoxy) is 1. The van der Waals surface area contributed by atoms with Crippen molar-refractivity contribution in [3.8, 4) is 0 Å². The minimum atomic E-state index is -0.749. The summed E-state index contributed by atoms with van der Waals surface area (Å²) in [6.07, 6.45) is 2.94. The van der Waals surface area contributed by atoms with Crippen molar-refractivity contribution in [2.45, 2.75) is 25.9 Å². The number of carbonyl (C=O) groups excluding carboxylic acids is 1. The summed E-state index contributed by atoms with van der Waals surface area (Å²) in [6, 6.07) is 9.72. The maximum Gasteiger partial charge on any atom is 0.410 e. The molecule has 1 aromatic carbocycles. The monoisotopic (exact) mass is 346 g/mol. The zero-order valence-electron chi connectivity index (χ0n) is 14.5. The van der Waals surface area contributed by atoms with Crippen molar-refractivity contribution in [2.24, 2.45) is 11.8 Å².